The number of rotatable bonds is 7. The van der Waals surface area contributed by atoms with Gasteiger partial charge in [0.15, 0.2) is 0 Å². The van der Waals surface area contributed by atoms with E-state index in [0.29, 0.717) is 23.7 Å². The molecule has 1 aromatic heterocycles. The van der Waals surface area contributed by atoms with Gasteiger partial charge in [-0.3, -0.25) is 9.78 Å². The van der Waals surface area contributed by atoms with Crippen molar-refractivity contribution >= 4 is 29.2 Å². The van der Waals surface area contributed by atoms with Gasteiger partial charge in [-0.1, -0.05) is 31.5 Å². The molecule has 3 amide bonds. The number of carbonyl (C=O) groups excluding carboxylic acids is 2. The molecule has 0 saturated heterocycles. The van der Waals surface area contributed by atoms with E-state index < -0.39 is 12.1 Å². The predicted molar refractivity (Wildman–Crippen MR) is 103 cm³/mol. The van der Waals surface area contributed by atoms with E-state index in [-0.39, 0.29) is 11.8 Å². The minimum atomic E-state index is -0.626. The lowest BCUT2D eigenvalue weighted by molar-refractivity contribution is -0.123. The number of amides is 3. The fourth-order valence-corrected chi connectivity index (χ4v) is 2.50. The van der Waals surface area contributed by atoms with E-state index >= 15 is 0 Å². The molecule has 0 aliphatic carbocycles. The Kier molecular flexibility index (Phi) is 7.41. The van der Waals surface area contributed by atoms with Crippen LogP contribution in [0.1, 0.15) is 25.8 Å². The van der Waals surface area contributed by atoms with Crippen LogP contribution in [0.15, 0.2) is 48.8 Å². The smallest absolute Gasteiger partial charge is 0.319 e. The Morgan fingerprint density at radius 2 is 1.88 bits per heavy atom. The van der Waals surface area contributed by atoms with Gasteiger partial charge in [-0.2, -0.15) is 0 Å². The molecule has 0 radical (unpaired) electrons. The Bertz CT molecular complexity index is 720. The molecular weight excluding hydrogens is 352 g/mol. The van der Waals surface area contributed by atoms with Crippen LogP contribution in [0.4, 0.5) is 10.5 Å². The molecule has 7 heteroatoms. The first-order chi connectivity index (χ1) is 12.4. The molecule has 0 bridgehead atoms. The fraction of sp³-hybridized carbons (Fsp3) is 0.316. The zero-order chi connectivity index (χ0) is 18.9. The molecule has 0 saturated carbocycles. The molecule has 0 spiro atoms. The molecule has 2 rings (SSSR count). The number of pyridine rings is 1. The van der Waals surface area contributed by atoms with Gasteiger partial charge in [-0.05, 0) is 48.2 Å². The van der Waals surface area contributed by atoms with Crippen LogP contribution in [0, 0.1) is 5.92 Å². The van der Waals surface area contributed by atoms with Gasteiger partial charge in [0.05, 0.1) is 0 Å². The zero-order valence-corrected chi connectivity index (χ0v) is 15.6. The first-order valence-corrected chi connectivity index (χ1v) is 8.81. The summed E-state index contributed by atoms with van der Waals surface area (Å²) in [5, 5.41) is 8.87. The van der Waals surface area contributed by atoms with Crippen molar-refractivity contribution in [3.63, 3.8) is 0 Å². The summed E-state index contributed by atoms with van der Waals surface area (Å²) in [5.41, 5.74) is 1.50. The summed E-state index contributed by atoms with van der Waals surface area (Å²) in [6, 6.07) is 9.39. The molecule has 3 N–H and O–H groups in total. The third-order valence-corrected chi connectivity index (χ3v) is 3.87. The third kappa shape index (κ3) is 6.72. The number of benzene rings is 1. The van der Waals surface area contributed by atoms with E-state index in [4.69, 9.17) is 11.6 Å². The first kappa shape index (κ1) is 19.7. The van der Waals surface area contributed by atoms with E-state index in [1.807, 2.05) is 26.0 Å². The maximum Gasteiger partial charge on any atom is 0.319 e. The van der Waals surface area contributed by atoms with Gasteiger partial charge < -0.3 is 16.0 Å². The minimum absolute atomic E-state index is 0.228. The number of hydrogen-bond acceptors (Lipinski definition) is 3. The maximum absolute atomic E-state index is 12.5. The van der Waals surface area contributed by atoms with Gasteiger partial charge in [0.1, 0.15) is 6.04 Å². The largest absolute Gasteiger partial charge is 0.350 e. The molecule has 6 nitrogen and oxygen atoms in total. The van der Waals surface area contributed by atoms with Crippen LogP contribution in [0.5, 0.6) is 0 Å². The van der Waals surface area contributed by atoms with Gasteiger partial charge >= 0.3 is 6.03 Å². The lowest BCUT2D eigenvalue weighted by Gasteiger charge is -2.20. The number of nitrogens with zero attached hydrogens (tertiary/aromatic N) is 1. The molecule has 0 aliphatic rings. The monoisotopic (exact) mass is 374 g/mol. The van der Waals surface area contributed by atoms with Crippen LogP contribution in [-0.2, 0) is 11.3 Å². The van der Waals surface area contributed by atoms with Crippen LogP contribution >= 0.6 is 11.6 Å². The van der Waals surface area contributed by atoms with Crippen molar-refractivity contribution in [2.24, 2.45) is 5.92 Å². The molecular formula is C19H23ClN4O2. The Labute approximate surface area is 158 Å². The summed E-state index contributed by atoms with van der Waals surface area (Å²) in [6.45, 7) is 4.36. The average molecular weight is 375 g/mol. The van der Waals surface area contributed by atoms with E-state index in [2.05, 4.69) is 20.9 Å². The molecule has 1 atom stereocenters. The van der Waals surface area contributed by atoms with E-state index in [1.54, 1.807) is 36.7 Å². The first-order valence-electron chi connectivity index (χ1n) is 8.43. The zero-order valence-electron chi connectivity index (χ0n) is 14.8. The van der Waals surface area contributed by atoms with Crippen LogP contribution in [0.25, 0.3) is 0 Å². The molecule has 0 fully saturated rings. The highest BCUT2D eigenvalue weighted by molar-refractivity contribution is 6.30. The summed E-state index contributed by atoms with van der Waals surface area (Å²) >= 11 is 5.83. The predicted octanol–water partition coefficient (Wildman–Crippen LogP) is 3.59. The molecule has 0 unspecified atom stereocenters. The quantitative estimate of drug-likeness (QED) is 0.692. The van der Waals surface area contributed by atoms with Gasteiger partial charge in [0.25, 0.3) is 0 Å². The van der Waals surface area contributed by atoms with E-state index in [1.165, 1.54) is 0 Å². The summed E-state index contributed by atoms with van der Waals surface area (Å²) in [4.78, 5) is 28.7. The van der Waals surface area contributed by atoms with E-state index in [0.717, 1.165) is 5.56 Å². The standard InChI is InChI=1S/C19H23ClN4O2/c1-13(2)10-17(18(25)22-12-14-4-3-9-21-11-14)24-19(26)23-16-7-5-15(20)6-8-16/h3-9,11,13,17H,10,12H2,1-2H3,(H,22,25)(H2,23,24,26)/t17-/m0/s1. The third-order valence-electron chi connectivity index (χ3n) is 3.62. The van der Waals surface area contributed by atoms with Crippen molar-refractivity contribution in [3.05, 3.63) is 59.4 Å². The maximum atomic E-state index is 12.5. The normalized spacial score (nSPS) is 11.7. The molecule has 2 aromatic rings. The van der Waals surface area contributed by atoms with Gasteiger partial charge in [-0.15, -0.1) is 0 Å². The number of aromatic nitrogens is 1. The molecule has 26 heavy (non-hydrogen) atoms. The van der Waals surface area contributed by atoms with Crippen LogP contribution < -0.4 is 16.0 Å². The second-order valence-electron chi connectivity index (χ2n) is 6.37. The Hall–Kier alpha value is -2.60. The number of hydrogen-bond donors (Lipinski definition) is 3. The van der Waals surface area contributed by atoms with Crippen molar-refractivity contribution in [1.82, 2.24) is 15.6 Å². The summed E-state index contributed by atoms with van der Waals surface area (Å²) in [6.07, 6.45) is 3.90. The highest BCUT2D eigenvalue weighted by atomic mass is 35.5. The minimum Gasteiger partial charge on any atom is -0.350 e. The highest BCUT2D eigenvalue weighted by Crippen LogP contribution is 2.13. The molecule has 1 heterocycles. The van der Waals surface area contributed by atoms with Crippen LogP contribution in [-0.4, -0.2) is 23.0 Å². The molecule has 1 aromatic carbocycles. The van der Waals surface area contributed by atoms with Crippen molar-refractivity contribution in [2.75, 3.05) is 5.32 Å². The van der Waals surface area contributed by atoms with Crippen LogP contribution in [0.2, 0.25) is 5.02 Å². The second kappa shape index (κ2) is 9.77. The van der Waals surface area contributed by atoms with Gasteiger partial charge in [0, 0.05) is 29.6 Å². The topological polar surface area (TPSA) is 83.1 Å². The van der Waals surface area contributed by atoms with Gasteiger partial charge in [0.2, 0.25) is 5.91 Å². The number of nitrogens with one attached hydrogen (secondary N) is 3. The Morgan fingerprint density at radius 3 is 2.50 bits per heavy atom. The lowest BCUT2D eigenvalue weighted by Crippen LogP contribution is -2.48. The van der Waals surface area contributed by atoms with Crippen molar-refractivity contribution < 1.29 is 9.59 Å². The Morgan fingerprint density at radius 1 is 1.15 bits per heavy atom. The highest BCUT2D eigenvalue weighted by Gasteiger charge is 2.21. The molecule has 0 aliphatic heterocycles. The number of halogens is 1. The Balaban J connectivity index is 1.93. The lowest BCUT2D eigenvalue weighted by atomic mass is 10.0. The van der Waals surface area contributed by atoms with Crippen molar-refractivity contribution in [2.45, 2.75) is 32.9 Å². The SMILES string of the molecule is CC(C)C[C@H](NC(=O)Nc1ccc(Cl)cc1)C(=O)NCc1cccnc1. The second-order valence-corrected chi connectivity index (χ2v) is 6.80. The van der Waals surface area contributed by atoms with Crippen molar-refractivity contribution in [3.8, 4) is 0 Å². The van der Waals surface area contributed by atoms with Gasteiger partial charge in [-0.25, -0.2) is 4.79 Å². The fourth-order valence-electron chi connectivity index (χ4n) is 2.38. The van der Waals surface area contributed by atoms with Crippen LogP contribution in [0.3, 0.4) is 0 Å². The number of urea groups is 1. The summed E-state index contributed by atoms with van der Waals surface area (Å²) in [5.74, 6) is 0.0220. The van der Waals surface area contributed by atoms with Crippen molar-refractivity contribution in [1.29, 1.82) is 0 Å². The number of anilines is 1. The average Bonchev–Trinajstić information content (AvgIpc) is 2.61. The van der Waals surface area contributed by atoms with E-state index in [9.17, 15) is 9.59 Å². The number of carbonyl (C=O) groups is 2. The summed E-state index contributed by atoms with van der Waals surface area (Å²) < 4.78 is 0. The molecule has 138 valence electrons. The summed E-state index contributed by atoms with van der Waals surface area (Å²) in [7, 11) is 0.